The lowest BCUT2D eigenvalue weighted by Gasteiger charge is -2.19. The first-order valence-electron chi connectivity index (χ1n) is 7.78. The zero-order valence-electron chi connectivity index (χ0n) is 14.2. The average Bonchev–Trinajstić information content (AvgIpc) is 2.85. The third kappa shape index (κ3) is 3.92. The Morgan fingerprint density at radius 2 is 1.75 bits per heavy atom. The van der Waals surface area contributed by atoms with Crippen molar-refractivity contribution < 1.29 is 9.53 Å². The summed E-state index contributed by atoms with van der Waals surface area (Å²) in [6.07, 6.45) is -0.449. The van der Waals surface area contributed by atoms with Crippen molar-refractivity contribution in [1.82, 2.24) is 4.98 Å². The third-order valence-corrected chi connectivity index (χ3v) is 4.31. The number of hydrogen-bond donors (Lipinski definition) is 1. The van der Waals surface area contributed by atoms with Crippen LogP contribution in [0.3, 0.4) is 0 Å². The molecule has 0 aliphatic heterocycles. The maximum atomic E-state index is 11.8. The second kappa shape index (κ2) is 6.24. The molecule has 5 heteroatoms. The van der Waals surface area contributed by atoms with E-state index in [2.05, 4.69) is 28.5 Å². The lowest BCUT2D eigenvalue weighted by molar-refractivity contribution is 0.0636. The van der Waals surface area contributed by atoms with E-state index in [4.69, 9.17) is 4.74 Å². The molecule has 0 bridgehead atoms. The average molecular weight is 340 g/mol. The summed E-state index contributed by atoms with van der Waals surface area (Å²) in [7, 11) is 0. The molecule has 1 amide bonds. The summed E-state index contributed by atoms with van der Waals surface area (Å²) in [4.78, 5) is 16.3. The molecule has 0 aliphatic rings. The zero-order valence-corrected chi connectivity index (χ0v) is 15.0. The number of rotatable bonds is 2. The number of benzene rings is 2. The minimum Gasteiger partial charge on any atom is -0.444 e. The number of nitrogens with one attached hydrogen (secondary N) is 1. The molecule has 4 nitrogen and oxygen atoms in total. The Morgan fingerprint density at radius 1 is 1.08 bits per heavy atom. The summed E-state index contributed by atoms with van der Waals surface area (Å²) in [6, 6.07) is 14.0. The minimum atomic E-state index is -0.509. The summed E-state index contributed by atoms with van der Waals surface area (Å²) >= 11 is 1.70. The molecule has 124 valence electrons. The number of hydrogen-bond acceptors (Lipinski definition) is 4. The van der Waals surface area contributed by atoms with E-state index in [0.29, 0.717) is 5.69 Å². The molecule has 1 heterocycles. The SMILES string of the molecule is Cc1nc2cc(-c3ccc(NC(=O)OC(C)(C)C)cc3)ccc2s1. The number of carbonyl (C=O) groups is 1. The number of carbonyl (C=O) groups excluding carboxylic acids is 1. The van der Waals surface area contributed by atoms with Crippen LogP contribution in [0.5, 0.6) is 0 Å². The Bertz CT molecular complexity index is 877. The highest BCUT2D eigenvalue weighted by atomic mass is 32.1. The van der Waals surface area contributed by atoms with Crippen molar-refractivity contribution in [3.8, 4) is 11.1 Å². The Morgan fingerprint density at radius 3 is 2.42 bits per heavy atom. The Labute approximate surface area is 145 Å². The van der Waals surface area contributed by atoms with Crippen LogP contribution < -0.4 is 5.32 Å². The van der Waals surface area contributed by atoms with Crippen LogP contribution >= 0.6 is 11.3 Å². The molecule has 0 unspecified atom stereocenters. The largest absolute Gasteiger partial charge is 0.444 e. The summed E-state index contributed by atoms with van der Waals surface area (Å²) < 4.78 is 6.44. The fourth-order valence-electron chi connectivity index (χ4n) is 2.39. The van der Waals surface area contributed by atoms with Gasteiger partial charge in [0.2, 0.25) is 0 Å². The van der Waals surface area contributed by atoms with Crippen molar-refractivity contribution >= 4 is 33.3 Å². The standard InChI is InChI=1S/C19H20N2O2S/c1-12-20-16-11-14(7-10-17(16)24-12)13-5-8-15(9-6-13)21-18(22)23-19(2,3)4/h5-11H,1-4H3,(H,21,22). The molecule has 2 aromatic carbocycles. The van der Waals surface area contributed by atoms with E-state index < -0.39 is 11.7 Å². The van der Waals surface area contributed by atoms with Crippen LogP contribution in [-0.2, 0) is 4.74 Å². The minimum absolute atomic E-state index is 0.449. The summed E-state index contributed by atoms with van der Waals surface area (Å²) in [5.74, 6) is 0. The van der Waals surface area contributed by atoms with Crippen molar-refractivity contribution in [2.24, 2.45) is 0 Å². The van der Waals surface area contributed by atoms with Gasteiger partial charge in [-0.1, -0.05) is 18.2 Å². The Kier molecular flexibility index (Phi) is 4.28. The quantitative estimate of drug-likeness (QED) is 0.659. The van der Waals surface area contributed by atoms with Crippen molar-refractivity contribution in [2.75, 3.05) is 5.32 Å². The number of ether oxygens (including phenoxy) is 1. The fraction of sp³-hybridized carbons (Fsp3) is 0.263. The van der Waals surface area contributed by atoms with Gasteiger partial charge in [0.15, 0.2) is 0 Å². The second-order valence-corrected chi connectivity index (χ2v) is 7.85. The maximum absolute atomic E-state index is 11.8. The lowest BCUT2D eigenvalue weighted by Crippen LogP contribution is -2.27. The van der Waals surface area contributed by atoms with E-state index in [1.165, 1.54) is 4.70 Å². The molecule has 3 rings (SSSR count). The van der Waals surface area contributed by atoms with Crippen LogP contribution in [0.25, 0.3) is 21.3 Å². The summed E-state index contributed by atoms with van der Waals surface area (Å²) in [5, 5.41) is 3.81. The molecule has 1 N–H and O–H groups in total. The molecule has 0 atom stereocenters. The number of aryl methyl sites for hydroxylation is 1. The van der Waals surface area contributed by atoms with Gasteiger partial charge in [0.1, 0.15) is 5.60 Å². The van der Waals surface area contributed by atoms with Crippen molar-refractivity contribution in [3.05, 3.63) is 47.5 Å². The van der Waals surface area contributed by atoms with Crippen LogP contribution in [0.1, 0.15) is 25.8 Å². The molecule has 3 aromatic rings. The van der Waals surface area contributed by atoms with Gasteiger partial charge in [-0.05, 0) is 63.1 Å². The van der Waals surface area contributed by atoms with Crippen LogP contribution in [-0.4, -0.2) is 16.7 Å². The van der Waals surface area contributed by atoms with Gasteiger partial charge in [-0.15, -0.1) is 11.3 Å². The van der Waals surface area contributed by atoms with E-state index in [1.807, 2.05) is 52.0 Å². The monoisotopic (exact) mass is 340 g/mol. The normalized spacial score (nSPS) is 11.5. The zero-order chi connectivity index (χ0) is 17.3. The number of thiazole rings is 1. The first-order chi connectivity index (χ1) is 11.3. The third-order valence-electron chi connectivity index (χ3n) is 3.36. The molecule has 0 spiro atoms. The molecule has 0 fully saturated rings. The van der Waals surface area contributed by atoms with Gasteiger partial charge < -0.3 is 4.74 Å². The first-order valence-corrected chi connectivity index (χ1v) is 8.59. The predicted molar refractivity (Wildman–Crippen MR) is 99.6 cm³/mol. The highest BCUT2D eigenvalue weighted by Crippen LogP contribution is 2.28. The highest BCUT2D eigenvalue weighted by Gasteiger charge is 2.16. The van der Waals surface area contributed by atoms with E-state index in [9.17, 15) is 4.79 Å². The van der Waals surface area contributed by atoms with Crippen LogP contribution in [0.2, 0.25) is 0 Å². The molecule has 0 radical (unpaired) electrons. The number of nitrogens with zero attached hydrogens (tertiary/aromatic N) is 1. The van der Waals surface area contributed by atoms with Gasteiger partial charge in [0, 0.05) is 5.69 Å². The molecule has 0 saturated carbocycles. The van der Waals surface area contributed by atoms with E-state index in [0.717, 1.165) is 21.7 Å². The lowest BCUT2D eigenvalue weighted by atomic mass is 10.1. The fourth-order valence-corrected chi connectivity index (χ4v) is 3.20. The van der Waals surface area contributed by atoms with Crippen LogP contribution in [0.15, 0.2) is 42.5 Å². The summed E-state index contributed by atoms with van der Waals surface area (Å²) in [5.41, 5.74) is 3.41. The van der Waals surface area contributed by atoms with Crippen molar-refractivity contribution in [2.45, 2.75) is 33.3 Å². The first kappa shape index (κ1) is 16.5. The maximum Gasteiger partial charge on any atom is 0.412 e. The van der Waals surface area contributed by atoms with Crippen LogP contribution in [0.4, 0.5) is 10.5 Å². The molecular weight excluding hydrogens is 320 g/mol. The van der Waals surface area contributed by atoms with Crippen molar-refractivity contribution in [1.29, 1.82) is 0 Å². The number of aromatic nitrogens is 1. The van der Waals surface area contributed by atoms with Gasteiger partial charge in [-0.25, -0.2) is 9.78 Å². The van der Waals surface area contributed by atoms with Crippen molar-refractivity contribution in [3.63, 3.8) is 0 Å². The predicted octanol–water partition coefficient (Wildman–Crippen LogP) is 5.62. The Hall–Kier alpha value is -2.40. The van der Waals surface area contributed by atoms with Crippen LogP contribution in [0, 0.1) is 6.92 Å². The highest BCUT2D eigenvalue weighted by molar-refractivity contribution is 7.18. The molecule has 24 heavy (non-hydrogen) atoms. The Balaban J connectivity index is 1.76. The molecule has 0 aliphatic carbocycles. The van der Waals surface area contributed by atoms with Gasteiger partial charge in [-0.3, -0.25) is 5.32 Å². The number of amides is 1. The topological polar surface area (TPSA) is 51.2 Å². The van der Waals surface area contributed by atoms with Gasteiger partial charge in [-0.2, -0.15) is 0 Å². The summed E-state index contributed by atoms with van der Waals surface area (Å²) in [6.45, 7) is 7.53. The van der Waals surface area contributed by atoms with Gasteiger partial charge in [0.25, 0.3) is 0 Å². The van der Waals surface area contributed by atoms with E-state index >= 15 is 0 Å². The van der Waals surface area contributed by atoms with Gasteiger partial charge >= 0.3 is 6.09 Å². The second-order valence-electron chi connectivity index (χ2n) is 6.62. The molecule has 0 saturated heterocycles. The molecule has 1 aromatic heterocycles. The smallest absolute Gasteiger partial charge is 0.412 e. The number of anilines is 1. The molecular formula is C19H20N2O2S. The number of fused-ring (bicyclic) bond motifs is 1. The van der Waals surface area contributed by atoms with E-state index in [1.54, 1.807) is 11.3 Å². The van der Waals surface area contributed by atoms with Gasteiger partial charge in [0.05, 0.1) is 15.2 Å². The van der Waals surface area contributed by atoms with E-state index in [-0.39, 0.29) is 0 Å².